The van der Waals surface area contributed by atoms with Crippen molar-refractivity contribution in [2.24, 2.45) is 11.8 Å². The van der Waals surface area contributed by atoms with E-state index < -0.39 is 12.2 Å². The molecule has 0 bridgehead atoms. The number of hydrogen-bond donors (Lipinski definition) is 3. The van der Waals surface area contributed by atoms with E-state index in [9.17, 15) is 15.0 Å². The Morgan fingerprint density at radius 2 is 2.08 bits per heavy atom. The van der Waals surface area contributed by atoms with Crippen molar-refractivity contribution < 1.29 is 24.5 Å². The van der Waals surface area contributed by atoms with Crippen molar-refractivity contribution >= 4 is 5.91 Å². The van der Waals surface area contributed by atoms with Crippen molar-refractivity contribution in [3.63, 3.8) is 0 Å². The van der Waals surface area contributed by atoms with Crippen LogP contribution in [0, 0.1) is 11.8 Å². The standard InChI is InChI=1S/C30H45NO5/c1-2-31-29(34)15-9-4-3-8-14-25-26(20-19-24(32)18-17-23-12-6-5-7-13-23)28(22-27(25)33)36-30-16-10-11-21-35-30/h3,5-8,12-13,19-20,24-28,30,32-33H,2,4,9-11,14-18,21-22H2,1H3,(H,31,34)/b8-3-,20-19+/t24-,25+,26+,27-,28+,30?/m0/s1. The minimum absolute atomic E-state index is 0.0110. The second-order valence-corrected chi connectivity index (χ2v) is 10.0. The molecule has 1 saturated heterocycles. The number of rotatable bonds is 14. The van der Waals surface area contributed by atoms with E-state index in [0.717, 1.165) is 51.6 Å². The molecule has 200 valence electrons. The summed E-state index contributed by atoms with van der Waals surface area (Å²) in [7, 11) is 0. The zero-order valence-corrected chi connectivity index (χ0v) is 21.8. The van der Waals surface area contributed by atoms with Gasteiger partial charge in [-0.15, -0.1) is 0 Å². The third kappa shape index (κ3) is 9.81. The van der Waals surface area contributed by atoms with Gasteiger partial charge in [0.25, 0.3) is 0 Å². The summed E-state index contributed by atoms with van der Waals surface area (Å²) in [6.07, 6.45) is 14.9. The van der Waals surface area contributed by atoms with Gasteiger partial charge in [-0.2, -0.15) is 0 Å². The minimum atomic E-state index is -0.542. The van der Waals surface area contributed by atoms with Crippen LogP contribution < -0.4 is 5.32 Å². The van der Waals surface area contributed by atoms with E-state index in [1.54, 1.807) is 0 Å². The highest BCUT2D eigenvalue weighted by molar-refractivity contribution is 5.75. The molecule has 6 atom stereocenters. The molecule has 6 nitrogen and oxygen atoms in total. The molecule has 1 aliphatic carbocycles. The summed E-state index contributed by atoms with van der Waals surface area (Å²) in [6.45, 7) is 3.32. The van der Waals surface area contributed by atoms with E-state index in [2.05, 4.69) is 35.7 Å². The number of amides is 1. The highest BCUT2D eigenvalue weighted by atomic mass is 16.7. The van der Waals surface area contributed by atoms with Crippen LogP contribution in [0.1, 0.15) is 70.3 Å². The number of unbranched alkanes of at least 4 members (excludes halogenated alkanes) is 1. The largest absolute Gasteiger partial charge is 0.393 e. The third-order valence-corrected chi connectivity index (χ3v) is 7.21. The first-order valence-electron chi connectivity index (χ1n) is 13.8. The average Bonchev–Trinajstić information content (AvgIpc) is 3.18. The summed E-state index contributed by atoms with van der Waals surface area (Å²) in [4.78, 5) is 11.6. The van der Waals surface area contributed by atoms with Crippen molar-refractivity contribution in [1.82, 2.24) is 5.32 Å². The maximum atomic E-state index is 11.6. The van der Waals surface area contributed by atoms with Crippen LogP contribution in [0.4, 0.5) is 0 Å². The van der Waals surface area contributed by atoms with E-state index >= 15 is 0 Å². The number of allylic oxidation sites excluding steroid dienone is 2. The summed E-state index contributed by atoms with van der Waals surface area (Å²) in [5.74, 6) is 0.130. The van der Waals surface area contributed by atoms with E-state index in [1.165, 1.54) is 5.56 Å². The fourth-order valence-corrected chi connectivity index (χ4v) is 5.19. The summed E-state index contributed by atoms with van der Waals surface area (Å²) >= 11 is 0. The molecule has 1 aliphatic heterocycles. The Kier molecular flexibility index (Phi) is 12.7. The predicted molar refractivity (Wildman–Crippen MR) is 142 cm³/mol. The number of benzene rings is 1. The van der Waals surface area contributed by atoms with E-state index in [1.807, 2.05) is 31.2 Å². The van der Waals surface area contributed by atoms with E-state index in [-0.39, 0.29) is 30.1 Å². The number of aryl methyl sites for hydroxylation is 1. The van der Waals surface area contributed by atoms with Crippen molar-refractivity contribution in [1.29, 1.82) is 0 Å². The molecule has 3 rings (SSSR count). The first kappa shape index (κ1) is 28.6. The van der Waals surface area contributed by atoms with Gasteiger partial charge in [0.2, 0.25) is 5.91 Å². The zero-order valence-electron chi connectivity index (χ0n) is 21.8. The number of carbonyl (C=O) groups is 1. The number of hydrogen-bond acceptors (Lipinski definition) is 5. The average molecular weight is 500 g/mol. The number of nitrogens with one attached hydrogen (secondary N) is 1. The number of ether oxygens (including phenoxy) is 2. The first-order valence-corrected chi connectivity index (χ1v) is 13.8. The van der Waals surface area contributed by atoms with Gasteiger partial charge in [-0.3, -0.25) is 4.79 Å². The minimum Gasteiger partial charge on any atom is -0.393 e. The van der Waals surface area contributed by atoms with Gasteiger partial charge >= 0.3 is 0 Å². The molecular weight excluding hydrogens is 454 g/mol. The SMILES string of the molecule is CCNC(=O)CCC/C=C\C[C@@H]1[C@@H](/C=C/[C@@H](O)CCc2ccccc2)[C@H](OC2CCCCO2)C[C@@H]1O. The summed E-state index contributed by atoms with van der Waals surface area (Å²) < 4.78 is 12.1. The smallest absolute Gasteiger partial charge is 0.219 e. The summed E-state index contributed by atoms with van der Waals surface area (Å²) in [5.41, 5.74) is 1.21. The number of aliphatic hydroxyl groups is 2. The second-order valence-electron chi connectivity index (χ2n) is 10.0. The topological polar surface area (TPSA) is 88.0 Å². The Morgan fingerprint density at radius 1 is 1.25 bits per heavy atom. The lowest BCUT2D eigenvalue weighted by Crippen LogP contribution is -2.30. The molecule has 1 heterocycles. The predicted octanol–water partition coefficient (Wildman–Crippen LogP) is 4.70. The maximum Gasteiger partial charge on any atom is 0.219 e. The maximum absolute atomic E-state index is 11.6. The van der Waals surface area contributed by atoms with Crippen LogP contribution >= 0.6 is 0 Å². The van der Waals surface area contributed by atoms with Crippen LogP contribution in [0.3, 0.4) is 0 Å². The first-order chi connectivity index (χ1) is 17.6. The monoisotopic (exact) mass is 499 g/mol. The van der Waals surface area contributed by atoms with Gasteiger partial charge < -0.3 is 25.0 Å². The molecule has 36 heavy (non-hydrogen) atoms. The van der Waals surface area contributed by atoms with Gasteiger partial charge in [0.1, 0.15) is 0 Å². The summed E-state index contributed by atoms with van der Waals surface area (Å²) in [6, 6.07) is 10.2. The van der Waals surface area contributed by atoms with Gasteiger partial charge in [0.05, 0.1) is 18.3 Å². The molecule has 0 aromatic heterocycles. The van der Waals surface area contributed by atoms with E-state index in [0.29, 0.717) is 25.8 Å². The highest BCUT2D eigenvalue weighted by Gasteiger charge is 2.42. The molecule has 3 N–H and O–H groups in total. The lowest BCUT2D eigenvalue weighted by Gasteiger charge is -2.29. The van der Waals surface area contributed by atoms with Gasteiger partial charge in [-0.05, 0) is 69.8 Å². The molecule has 0 spiro atoms. The Labute approximate surface area is 216 Å². The van der Waals surface area contributed by atoms with Crippen molar-refractivity contribution in [3.05, 3.63) is 60.2 Å². The van der Waals surface area contributed by atoms with Crippen LogP contribution in [0.2, 0.25) is 0 Å². The van der Waals surface area contributed by atoms with Crippen LogP contribution in [0.25, 0.3) is 0 Å². The normalized spacial score (nSPS) is 27.6. The highest BCUT2D eigenvalue weighted by Crippen LogP contribution is 2.39. The van der Waals surface area contributed by atoms with Gasteiger partial charge in [0.15, 0.2) is 6.29 Å². The molecule has 1 aromatic carbocycles. The van der Waals surface area contributed by atoms with Crippen LogP contribution in [-0.2, 0) is 20.7 Å². The Morgan fingerprint density at radius 3 is 2.83 bits per heavy atom. The van der Waals surface area contributed by atoms with Crippen LogP contribution in [0.15, 0.2) is 54.6 Å². The summed E-state index contributed by atoms with van der Waals surface area (Å²) in [5, 5.41) is 24.4. The zero-order chi connectivity index (χ0) is 25.6. The van der Waals surface area contributed by atoms with Crippen molar-refractivity contribution in [2.75, 3.05) is 13.2 Å². The molecule has 1 aromatic rings. The third-order valence-electron chi connectivity index (χ3n) is 7.21. The molecule has 1 amide bonds. The lowest BCUT2D eigenvalue weighted by molar-refractivity contribution is -0.193. The Balaban J connectivity index is 1.56. The Hall–Kier alpha value is -1.99. The fraction of sp³-hybridized carbons (Fsp3) is 0.633. The number of aliphatic hydroxyl groups excluding tert-OH is 2. The quantitative estimate of drug-likeness (QED) is 0.255. The molecule has 1 unspecified atom stereocenters. The van der Waals surface area contributed by atoms with Crippen molar-refractivity contribution in [2.45, 2.75) is 95.7 Å². The molecule has 2 fully saturated rings. The van der Waals surface area contributed by atoms with Gasteiger partial charge in [-0.1, -0.05) is 54.6 Å². The van der Waals surface area contributed by atoms with Crippen molar-refractivity contribution in [3.8, 4) is 0 Å². The second kappa shape index (κ2) is 16.0. The Bertz CT molecular complexity index is 805. The van der Waals surface area contributed by atoms with Gasteiger partial charge in [0, 0.05) is 31.9 Å². The fourth-order valence-electron chi connectivity index (χ4n) is 5.19. The number of carbonyl (C=O) groups excluding carboxylic acids is 1. The van der Waals surface area contributed by atoms with Gasteiger partial charge in [-0.25, -0.2) is 0 Å². The lowest BCUT2D eigenvalue weighted by atomic mass is 9.89. The molecule has 6 heteroatoms. The molecule has 1 saturated carbocycles. The molecular formula is C30H45NO5. The van der Waals surface area contributed by atoms with E-state index in [4.69, 9.17) is 9.47 Å². The molecule has 0 radical (unpaired) electrons. The molecule has 2 aliphatic rings. The van der Waals surface area contributed by atoms with Crippen LogP contribution in [-0.4, -0.2) is 53.9 Å². The van der Waals surface area contributed by atoms with Crippen LogP contribution in [0.5, 0.6) is 0 Å².